The number of likely N-dealkylation sites (tertiary alicyclic amines) is 1. The molecule has 3 heterocycles. The van der Waals surface area contributed by atoms with Gasteiger partial charge < -0.3 is 19.4 Å². The highest BCUT2D eigenvalue weighted by Crippen LogP contribution is 2.46. The summed E-state index contributed by atoms with van der Waals surface area (Å²) in [6.45, 7) is 5.38. The quantitative estimate of drug-likeness (QED) is 0.810. The zero-order valence-electron chi connectivity index (χ0n) is 15.4. The van der Waals surface area contributed by atoms with Gasteiger partial charge in [0.2, 0.25) is 5.76 Å². The Labute approximate surface area is 154 Å². The van der Waals surface area contributed by atoms with Crippen LogP contribution in [0.3, 0.4) is 0 Å². The summed E-state index contributed by atoms with van der Waals surface area (Å²) in [4.78, 5) is 19.3. The van der Waals surface area contributed by atoms with E-state index in [1.807, 2.05) is 0 Å². The van der Waals surface area contributed by atoms with Crippen molar-refractivity contribution in [2.45, 2.75) is 50.5 Å². The lowest BCUT2D eigenvalue weighted by atomic mass is 9.95. The van der Waals surface area contributed by atoms with Gasteiger partial charge in [-0.15, -0.1) is 0 Å². The normalized spacial score (nSPS) is 31.8. The van der Waals surface area contributed by atoms with E-state index in [1.165, 1.54) is 38.6 Å². The van der Waals surface area contributed by atoms with Crippen LogP contribution in [0, 0.1) is 17.8 Å². The van der Waals surface area contributed by atoms with Gasteiger partial charge in [-0.25, -0.2) is 4.98 Å². The fourth-order valence-corrected chi connectivity index (χ4v) is 4.94. The van der Waals surface area contributed by atoms with Crippen LogP contribution in [0.5, 0.6) is 0 Å². The second-order valence-corrected chi connectivity index (χ2v) is 8.63. The maximum Gasteiger partial charge on any atom is 0.289 e. The number of nitrogens with one attached hydrogen (secondary N) is 1. The summed E-state index contributed by atoms with van der Waals surface area (Å²) >= 11 is 0. The lowest BCUT2D eigenvalue weighted by Crippen LogP contribution is -2.35. The summed E-state index contributed by atoms with van der Waals surface area (Å²) in [6.07, 6.45) is 8.79. The van der Waals surface area contributed by atoms with Crippen molar-refractivity contribution in [2.75, 3.05) is 32.8 Å². The first-order chi connectivity index (χ1) is 12.8. The minimum absolute atomic E-state index is 0.0603. The van der Waals surface area contributed by atoms with E-state index < -0.39 is 0 Å². The van der Waals surface area contributed by atoms with E-state index in [2.05, 4.69) is 15.2 Å². The summed E-state index contributed by atoms with van der Waals surface area (Å²) in [5, 5.41) is 3.20. The smallest absolute Gasteiger partial charge is 0.289 e. The van der Waals surface area contributed by atoms with Gasteiger partial charge in [-0.1, -0.05) is 0 Å². The predicted molar refractivity (Wildman–Crippen MR) is 95.9 cm³/mol. The minimum Gasteiger partial charge on any atom is -0.438 e. The minimum atomic E-state index is -0.0603. The molecule has 0 bridgehead atoms. The van der Waals surface area contributed by atoms with Gasteiger partial charge in [0.05, 0.1) is 5.69 Å². The van der Waals surface area contributed by atoms with E-state index in [-0.39, 0.29) is 5.91 Å². The van der Waals surface area contributed by atoms with Gasteiger partial charge in [-0.3, -0.25) is 4.79 Å². The molecule has 2 saturated carbocycles. The number of fused-ring (bicyclic) bond motifs is 1. The molecule has 0 radical (unpaired) electrons. The number of hydrogen-bond donors (Lipinski definition) is 1. The molecule has 2 aliphatic carbocycles. The first kappa shape index (κ1) is 16.8. The van der Waals surface area contributed by atoms with Crippen molar-refractivity contribution in [3.8, 4) is 0 Å². The van der Waals surface area contributed by atoms with Gasteiger partial charge >= 0.3 is 0 Å². The van der Waals surface area contributed by atoms with Crippen molar-refractivity contribution >= 4 is 5.91 Å². The molecular weight excluding hydrogens is 330 g/mol. The molecule has 26 heavy (non-hydrogen) atoms. The Morgan fingerprint density at radius 2 is 1.96 bits per heavy atom. The number of aromatic nitrogens is 1. The van der Waals surface area contributed by atoms with E-state index in [4.69, 9.17) is 9.15 Å². The zero-order valence-corrected chi connectivity index (χ0v) is 15.4. The summed E-state index contributed by atoms with van der Waals surface area (Å²) in [5.41, 5.74) is 0.864. The average molecular weight is 359 g/mol. The third-order valence-electron chi connectivity index (χ3n) is 6.76. The molecule has 4 fully saturated rings. The molecule has 1 aromatic rings. The second-order valence-electron chi connectivity index (χ2n) is 8.63. The van der Waals surface area contributed by atoms with Crippen LogP contribution >= 0.6 is 0 Å². The summed E-state index contributed by atoms with van der Waals surface area (Å²) in [6, 6.07) is 0.339. The molecule has 1 N–H and O–H groups in total. The highest BCUT2D eigenvalue weighted by molar-refractivity contribution is 5.93. The summed E-state index contributed by atoms with van der Waals surface area (Å²) in [5.74, 6) is 2.97. The Balaban J connectivity index is 1.04. The van der Waals surface area contributed by atoms with Gasteiger partial charge in [0, 0.05) is 38.3 Å². The number of piperidine rings is 1. The molecule has 6 nitrogen and oxygen atoms in total. The molecule has 3 atom stereocenters. The Morgan fingerprint density at radius 3 is 2.69 bits per heavy atom. The lowest BCUT2D eigenvalue weighted by Gasteiger charge is -2.24. The number of oxazole rings is 1. The average Bonchev–Trinajstić information content (AvgIpc) is 3.49. The standard InChI is InChI=1S/C20H29N3O3/c24-20(19-17(14-3-4-14)21-12-26-19)22-18-15-10-23(11-16(15)18)7-1-2-13-5-8-25-9-6-13/h12-16,18H,1-11H2,(H,22,24)/t15-,16+,18?. The summed E-state index contributed by atoms with van der Waals surface area (Å²) < 4.78 is 10.8. The molecule has 2 aliphatic heterocycles. The third kappa shape index (κ3) is 3.41. The lowest BCUT2D eigenvalue weighted by molar-refractivity contribution is 0.0623. The van der Waals surface area contributed by atoms with Crippen LogP contribution in [0.25, 0.3) is 0 Å². The summed E-state index contributed by atoms with van der Waals surface area (Å²) in [7, 11) is 0. The van der Waals surface area contributed by atoms with Crippen molar-refractivity contribution < 1.29 is 13.9 Å². The highest BCUT2D eigenvalue weighted by atomic mass is 16.5. The predicted octanol–water partition coefficient (Wildman–Crippen LogP) is 2.42. The van der Waals surface area contributed by atoms with Crippen LogP contribution in [-0.2, 0) is 4.74 Å². The Hall–Kier alpha value is -1.40. The first-order valence-corrected chi connectivity index (χ1v) is 10.3. The maximum absolute atomic E-state index is 12.5. The third-order valence-corrected chi connectivity index (χ3v) is 6.76. The van der Waals surface area contributed by atoms with Gasteiger partial charge in [-0.2, -0.15) is 0 Å². The number of carbonyl (C=O) groups excluding carboxylic acids is 1. The molecule has 0 aromatic carbocycles. The molecular formula is C20H29N3O3. The fourth-order valence-electron chi connectivity index (χ4n) is 4.94. The SMILES string of the molecule is O=C(NC1[C@H]2CN(CCCC3CCOCC3)C[C@@H]12)c1ocnc1C1CC1. The molecule has 0 spiro atoms. The van der Waals surface area contributed by atoms with Crippen molar-refractivity contribution in [1.29, 1.82) is 0 Å². The first-order valence-electron chi connectivity index (χ1n) is 10.3. The molecule has 1 unspecified atom stereocenters. The maximum atomic E-state index is 12.5. The molecule has 2 saturated heterocycles. The Morgan fingerprint density at radius 1 is 1.19 bits per heavy atom. The highest BCUT2D eigenvalue weighted by Gasteiger charge is 2.56. The number of rotatable bonds is 7. The Kier molecular flexibility index (Phi) is 4.49. The number of amides is 1. The van der Waals surface area contributed by atoms with Crippen molar-refractivity contribution in [3.05, 3.63) is 17.8 Å². The van der Waals surface area contributed by atoms with Crippen molar-refractivity contribution in [2.24, 2.45) is 17.8 Å². The second kappa shape index (κ2) is 6.97. The number of hydrogen-bond acceptors (Lipinski definition) is 5. The van der Waals surface area contributed by atoms with E-state index in [0.717, 1.165) is 50.8 Å². The van der Waals surface area contributed by atoms with Gasteiger partial charge in [0.25, 0.3) is 5.91 Å². The van der Waals surface area contributed by atoms with Gasteiger partial charge in [-0.05, 0) is 62.8 Å². The van der Waals surface area contributed by atoms with Crippen LogP contribution < -0.4 is 5.32 Å². The molecule has 142 valence electrons. The monoisotopic (exact) mass is 359 g/mol. The van der Waals surface area contributed by atoms with E-state index in [1.54, 1.807) is 0 Å². The van der Waals surface area contributed by atoms with Crippen LogP contribution in [0.2, 0.25) is 0 Å². The van der Waals surface area contributed by atoms with Crippen LogP contribution in [0.15, 0.2) is 10.8 Å². The van der Waals surface area contributed by atoms with E-state index >= 15 is 0 Å². The number of nitrogens with zero attached hydrogens (tertiary/aromatic N) is 2. The molecule has 6 heteroatoms. The molecule has 5 rings (SSSR count). The van der Waals surface area contributed by atoms with Gasteiger partial charge in [0.15, 0.2) is 6.39 Å². The van der Waals surface area contributed by atoms with Crippen molar-refractivity contribution in [1.82, 2.24) is 15.2 Å². The van der Waals surface area contributed by atoms with Crippen LogP contribution in [-0.4, -0.2) is 54.7 Å². The van der Waals surface area contributed by atoms with Crippen molar-refractivity contribution in [3.63, 3.8) is 0 Å². The zero-order chi connectivity index (χ0) is 17.5. The van der Waals surface area contributed by atoms with E-state index in [9.17, 15) is 4.79 Å². The molecule has 4 aliphatic rings. The van der Waals surface area contributed by atoms with E-state index in [0.29, 0.717) is 29.6 Å². The topological polar surface area (TPSA) is 67.6 Å². The largest absolute Gasteiger partial charge is 0.438 e. The number of carbonyl (C=O) groups is 1. The molecule has 1 aromatic heterocycles. The van der Waals surface area contributed by atoms with Crippen LogP contribution in [0.1, 0.15) is 60.7 Å². The number of ether oxygens (including phenoxy) is 1. The van der Waals surface area contributed by atoms with Gasteiger partial charge in [0.1, 0.15) is 0 Å². The fraction of sp³-hybridized carbons (Fsp3) is 0.800. The van der Waals surface area contributed by atoms with Crippen LogP contribution in [0.4, 0.5) is 0 Å². The Bertz CT molecular complexity index is 638. The molecule has 1 amide bonds.